The summed E-state index contributed by atoms with van der Waals surface area (Å²) in [6, 6.07) is 2.23. The third-order valence-electron chi connectivity index (χ3n) is 3.48. The Hall–Kier alpha value is -1.33. The lowest BCUT2D eigenvalue weighted by Gasteiger charge is -2.25. The van der Waals surface area contributed by atoms with Crippen molar-refractivity contribution in [1.29, 1.82) is 0 Å². The molecule has 20 heavy (non-hydrogen) atoms. The van der Waals surface area contributed by atoms with Gasteiger partial charge in [0.25, 0.3) is 5.91 Å². The summed E-state index contributed by atoms with van der Waals surface area (Å²) in [5.41, 5.74) is 2.65. The van der Waals surface area contributed by atoms with Crippen LogP contribution in [0.1, 0.15) is 61.9 Å². The Labute approximate surface area is 121 Å². The molecule has 0 spiro atoms. The maximum Gasteiger partial charge on any atom is 0.268 e. The van der Waals surface area contributed by atoms with Gasteiger partial charge in [-0.05, 0) is 39.8 Å². The van der Waals surface area contributed by atoms with Crippen LogP contribution in [-0.2, 0) is 6.54 Å². The van der Waals surface area contributed by atoms with Crippen molar-refractivity contribution < 1.29 is 9.21 Å². The summed E-state index contributed by atoms with van der Waals surface area (Å²) in [6.07, 6.45) is 3.64. The highest BCUT2D eigenvalue weighted by Crippen LogP contribution is 2.17. The van der Waals surface area contributed by atoms with Gasteiger partial charge in [-0.1, -0.05) is 19.8 Å². The Bertz CT molecular complexity index is 427. The number of nitrogen functional groups attached to an aromatic ring is 1. The number of aryl methyl sites for hydroxylation is 1. The minimum atomic E-state index is -0.306. The highest BCUT2D eigenvalue weighted by molar-refractivity contribution is 5.94. The van der Waals surface area contributed by atoms with Crippen LogP contribution in [0.4, 0.5) is 0 Å². The highest BCUT2D eigenvalue weighted by Gasteiger charge is 2.17. The molecule has 0 fully saturated rings. The molecule has 0 aliphatic rings. The van der Waals surface area contributed by atoms with Crippen LogP contribution in [0.3, 0.4) is 0 Å². The van der Waals surface area contributed by atoms with E-state index in [4.69, 9.17) is 10.3 Å². The zero-order chi connectivity index (χ0) is 15.1. The van der Waals surface area contributed by atoms with Gasteiger partial charge in [-0.3, -0.25) is 15.1 Å². The summed E-state index contributed by atoms with van der Waals surface area (Å²) in [7, 11) is 0. The SMILES string of the molecule is CCCCCN(Cc1cc(C(=O)NN)c(C)o1)C(C)C. The van der Waals surface area contributed by atoms with Crippen molar-refractivity contribution in [3.05, 3.63) is 23.2 Å². The molecule has 0 bridgehead atoms. The summed E-state index contributed by atoms with van der Waals surface area (Å²) in [4.78, 5) is 13.9. The first kappa shape index (κ1) is 16.7. The molecule has 1 heterocycles. The lowest BCUT2D eigenvalue weighted by molar-refractivity contribution is 0.0952. The van der Waals surface area contributed by atoms with Gasteiger partial charge in [0, 0.05) is 6.04 Å². The largest absolute Gasteiger partial charge is 0.464 e. The Morgan fingerprint density at radius 1 is 1.45 bits per heavy atom. The minimum absolute atomic E-state index is 0.306. The van der Waals surface area contributed by atoms with E-state index in [-0.39, 0.29) is 5.91 Å². The van der Waals surface area contributed by atoms with Gasteiger partial charge in [0.15, 0.2) is 0 Å². The van der Waals surface area contributed by atoms with E-state index in [0.717, 1.165) is 18.8 Å². The second-order valence-corrected chi connectivity index (χ2v) is 5.43. The normalized spacial score (nSPS) is 11.3. The predicted molar refractivity (Wildman–Crippen MR) is 80.2 cm³/mol. The first-order chi connectivity index (χ1) is 9.49. The van der Waals surface area contributed by atoms with E-state index >= 15 is 0 Å². The van der Waals surface area contributed by atoms with Crippen molar-refractivity contribution in [3.8, 4) is 0 Å². The maximum atomic E-state index is 11.6. The Morgan fingerprint density at radius 3 is 2.70 bits per heavy atom. The summed E-state index contributed by atoms with van der Waals surface area (Å²) in [6.45, 7) is 10.1. The van der Waals surface area contributed by atoms with Crippen LogP contribution in [0, 0.1) is 6.92 Å². The van der Waals surface area contributed by atoms with Crippen molar-refractivity contribution in [1.82, 2.24) is 10.3 Å². The molecule has 0 aliphatic carbocycles. The van der Waals surface area contributed by atoms with E-state index < -0.39 is 0 Å². The summed E-state index contributed by atoms with van der Waals surface area (Å²) >= 11 is 0. The van der Waals surface area contributed by atoms with Crippen LogP contribution < -0.4 is 11.3 Å². The molecule has 1 aromatic heterocycles. The molecule has 1 rings (SSSR count). The second-order valence-electron chi connectivity index (χ2n) is 5.43. The van der Waals surface area contributed by atoms with Gasteiger partial charge in [0.05, 0.1) is 12.1 Å². The van der Waals surface area contributed by atoms with Gasteiger partial charge >= 0.3 is 0 Å². The lowest BCUT2D eigenvalue weighted by atomic mass is 10.2. The number of unbranched alkanes of at least 4 members (excludes halogenated alkanes) is 2. The molecule has 0 aliphatic heterocycles. The van der Waals surface area contributed by atoms with E-state index in [9.17, 15) is 4.79 Å². The molecule has 0 unspecified atom stereocenters. The molecular weight excluding hydrogens is 254 g/mol. The average molecular weight is 281 g/mol. The Balaban J connectivity index is 2.71. The maximum absolute atomic E-state index is 11.6. The fourth-order valence-electron chi connectivity index (χ4n) is 2.21. The second kappa shape index (κ2) is 8.07. The monoisotopic (exact) mass is 281 g/mol. The number of hydrazine groups is 1. The molecule has 5 nitrogen and oxygen atoms in total. The van der Waals surface area contributed by atoms with Gasteiger partial charge in [-0.25, -0.2) is 5.84 Å². The molecule has 1 aromatic rings. The first-order valence-electron chi connectivity index (χ1n) is 7.33. The van der Waals surface area contributed by atoms with Crippen molar-refractivity contribution in [2.75, 3.05) is 6.54 Å². The van der Waals surface area contributed by atoms with Gasteiger partial charge in [-0.2, -0.15) is 0 Å². The average Bonchev–Trinajstić information content (AvgIpc) is 2.77. The van der Waals surface area contributed by atoms with Gasteiger partial charge < -0.3 is 4.42 Å². The van der Waals surface area contributed by atoms with Crippen LogP contribution in [0.15, 0.2) is 10.5 Å². The number of nitrogens with two attached hydrogens (primary N) is 1. The van der Waals surface area contributed by atoms with Gasteiger partial charge in [0.2, 0.25) is 0 Å². The molecule has 1 amide bonds. The van der Waals surface area contributed by atoms with Gasteiger partial charge in [0.1, 0.15) is 11.5 Å². The van der Waals surface area contributed by atoms with Gasteiger partial charge in [-0.15, -0.1) is 0 Å². The fraction of sp³-hybridized carbons (Fsp3) is 0.667. The smallest absolute Gasteiger partial charge is 0.268 e. The van der Waals surface area contributed by atoms with E-state index in [1.165, 1.54) is 19.3 Å². The van der Waals surface area contributed by atoms with Crippen LogP contribution in [0.2, 0.25) is 0 Å². The zero-order valence-corrected chi connectivity index (χ0v) is 13.0. The number of rotatable bonds is 8. The van der Waals surface area contributed by atoms with Crippen LogP contribution >= 0.6 is 0 Å². The predicted octanol–water partition coefficient (Wildman–Crippen LogP) is 2.59. The van der Waals surface area contributed by atoms with Crippen LogP contribution in [-0.4, -0.2) is 23.4 Å². The quantitative estimate of drug-likeness (QED) is 0.332. The number of amides is 1. The molecule has 5 heteroatoms. The number of nitrogens with zero attached hydrogens (tertiary/aromatic N) is 1. The van der Waals surface area contributed by atoms with Crippen molar-refractivity contribution >= 4 is 5.91 Å². The number of furan rings is 1. The van der Waals surface area contributed by atoms with E-state index in [1.807, 2.05) is 0 Å². The fourth-order valence-corrected chi connectivity index (χ4v) is 2.21. The lowest BCUT2D eigenvalue weighted by Crippen LogP contribution is -2.31. The van der Waals surface area contributed by atoms with E-state index in [0.29, 0.717) is 17.4 Å². The van der Waals surface area contributed by atoms with Crippen molar-refractivity contribution in [2.45, 2.75) is 59.5 Å². The molecule has 114 valence electrons. The number of hydrogen-bond acceptors (Lipinski definition) is 4. The molecule has 0 aromatic carbocycles. The minimum Gasteiger partial charge on any atom is -0.464 e. The molecule has 3 N–H and O–H groups in total. The molecular formula is C15H27N3O2. The molecule has 0 saturated carbocycles. The van der Waals surface area contributed by atoms with E-state index in [2.05, 4.69) is 31.1 Å². The summed E-state index contributed by atoms with van der Waals surface area (Å²) < 4.78 is 5.67. The van der Waals surface area contributed by atoms with Crippen molar-refractivity contribution in [2.24, 2.45) is 5.84 Å². The molecule has 0 atom stereocenters. The zero-order valence-electron chi connectivity index (χ0n) is 13.0. The summed E-state index contributed by atoms with van der Waals surface area (Å²) in [5, 5.41) is 0. The van der Waals surface area contributed by atoms with Crippen LogP contribution in [0.25, 0.3) is 0 Å². The molecule has 0 radical (unpaired) electrons. The number of nitrogens with one attached hydrogen (secondary N) is 1. The number of carbonyl (C=O) groups excluding carboxylic acids is 1. The number of carbonyl (C=O) groups is 1. The third kappa shape index (κ3) is 4.65. The third-order valence-corrected chi connectivity index (χ3v) is 3.48. The number of hydrogen-bond donors (Lipinski definition) is 2. The first-order valence-corrected chi connectivity index (χ1v) is 7.33. The molecule has 0 saturated heterocycles. The topological polar surface area (TPSA) is 71.5 Å². The standard InChI is InChI=1S/C15H27N3O2/c1-5-6-7-8-18(11(2)3)10-13-9-14(12(4)20-13)15(19)17-16/h9,11H,5-8,10,16H2,1-4H3,(H,17,19). The summed E-state index contributed by atoms with van der Waals surface area (Å²) in [5.74, 6) is 6.28. The van der Waals surface area contributed by atoms with Crippen LogP contribution in [0.5, 0.6) is 0 Å². The van der Waals surface area contributed by atoms with E-state index in [1.54, 1.807) is 13.0 Å². The Morgan fingerprint density at radius 2 is 2.15 bits per heavy atom. The Kier molecular flexibility index (Phi) is 6.75. The van der Waals surface area contributed by atoms with Crippen molar-refractivity contribution in [3.63, 3.8) is 0 Å². The highest BCUT2D eigenvalue weighted by atomic mass is 16.3.